The third-order valence-electron chi connectivity index (χ3n) is 5.13. The van der Waals surface area contributed by atoms with E-state index in [0.29, 0.717) is 11.3 Å². The molecular weight excluding hydrogens is 354 g/mol. The number of likely N-dealkylation sites (tertiary alicyclic amines) is 1. The fraction of sp³-hybridized carbons (Fsp3) is 0.304. The van der Waals surface area contributed by atoms with Gasteiger partial charge in [-0.2, -0.15) is 0 Å². The van der Waals surface area contributed by atoms with E-state index in [0.717, 1.165) is 42.4 Å². The van der Waals surface area contributed by atoms with Crippen molar-refractivity contribution in [1.29, 1.82) is 0 Å². The lowest BCUT2D eigenvalue weighted by atomic mass is 10.0. The van der Waals surface area contributed by atoms with Crippen LogP contribution in [0.1, 0.15) is 26.2 Å². The number of rotatable bonds is 4. The summed E-state index contributed by atoms with van der Waals surface area (Å²) < 4.78 is 11.3. The highest BCUT2D eigenvalue weighted by Crippen LogP contribution is 2.30. The Balaban J connectivity index is 1.61. The molecule has 1 aromatic heterocycles. The molecule has 1 atom stereocenters. The molecule has 1 fully saturated rings. The second kappa shape index (κ2) is 7.89. The Hall–Kier alpha value is -3.08. The van der Waals surface area contributed by atoms with Gasteiger partial charge in [0.15, 0.2) is 6.10 Å². The Kier molecular flexibility index (Phi) is 5.15. The van der Waals surface area contributed by atoms with E-state index in [2.05, 4.69) is 0 Å². The molecule has 2 aromatic carbocycles. The summed E-state index contributed by atoms with van der Waals surface area (Å²) in [6, 6.07) is 16.6. The maximum atomic E-state index is 12.6. The standard InChI is InChI=1S/C23H23NO4/c1-16(23(26)24-12-6-3-7-13-24)27-18-10-11-19-20(17-8-4-2-5-9-17)15-22(25)28-21(19)14-18/h2,4-5,8-11,14-16H,3,6-7,12-13H2,1H3/t16-/m1/s1. The Labute approximate surface area is 163 Å². The summed E-state index contributed by atoms with van der Waals surface area (Å²) in [6.07, 6.45) is 2.68. The van der Waals surface area contributed by atoms with Crippen molar-refractivity contribution in [1.82, 2.24) is 4.90 Å². The van der Waals surface area contributed by atoms with Crippen molar-refractivity contribution in [2.24, 2.45) is 0 Å². The summed E-state index contributed by atoms with van der Waals surface area (Å²) >= 11 is 0. The molecule has 0 bridgehead atoms. The molecule has 1 aliphatic rings. The fourth-order valence-electron chi connectivity index (χ4n) is 3.70. The van der Waals surface area contributed by atoms with Crippen LogP contribution in [0.5, 0.6) is 5.75 Å². The number of hydrogen-bond donors (Lipinski definition) is 0. The van der Waals surface area contributed by atoms with Crippen molar-refractivity contribution in [2.45, 2.75) is 32.3 Å². The van der Waals surface area contributed by atoms with Gasteiger partial charge in [-0.05, 0) is 49.4 Å². The van der Waals surface area contributed by atoms with E-state index in [1.165, 1.54) is 12.5 Å². The topological polar surface area (TPSA) is 59.8 Å². The Morgan fingerprint density at radius 2 is 1.79 bits per heavy atom. The minimum atomic E-state index is -0.584. The SMILES string of the molecule is C[C@@H](Oc1ccc2c(-c3ccccc3)cc(=O)oc2c1)C(=O)N1CCCCC1. The summed E-state index contributed by atoms with van der Waals surface area (Å²) in [4.78, 5) is 26.5. The van der Waals surface area contributed by atoms with Crippen LogP contribution in [-0.4, -0.2) is 30.0 Å². The van der Waals surface area contributed by atoms with Gasteiger partial charge < -0.3 is 14.1 Å². The zero-order chi connectivity index (χ0) is 19.5. The van der Waals surface area contributed by atoms with Gasteiger partial charge in [-0.1, -0.05) is 30.3 Å². The molecule has 144 valence electrons. The maximum Gasteiger partial charge on any atom is 0.336 e. The quantitative estimate of drug-likeness (QED) is 0.638. The van der Waals surface area contributed by atoms with Crippen LogP contribution >= 0.6 is 0 Å². The minimum absolute atomic E-state index is 0.000661. The molecule has 0 spiro atoms. The van der Waals surface area contributed by atoms with Crippen LogP contribution in [0.15, 0.2) is 63.8 Å². The lowest BCUT2D eigenvalue weighted by molar-refractivity contribution is -0.138. The first-order valence-electron chi connectivity index (χ1n) is 9.70. The number of amides is 1. The summed E-state index contributed by atoms with van der Waals surface area (Å²) in [6.45, 7) is 3.34. The van der Waals surface area contributed by atoms with E-state index in [-0.39, 0.29) is 5.91 Å². The normalized spacial score (nSPS) is 15.4. The number of piperidine rings is 1. The number of hydrogen-bond acceptors (Lipinski definition) is 4. The van der Waals surface area contributed by atoms with Crippen LogP contribution in [0.2, 0.25) is 0 Å². The van der Waals surface area contributed by atoms with Crippen LogP contribution in [0, 0.1) is 0 Å². The van der Waals surface area contributed by atoms with Gasteiger partial charge in [-0.15, -0.1) is 0 Å². The molecular formula is C23H23NO4. The summed E-state index contributed by atoms with van der Waals surface area (Å²) in [7, 11) is 0. The van der Waals surface area contributed by atoms with Gasteiger partial charge in [-0.25, -0.2) is 4.79 Å². The van der Waals surface area contributed by atoms with Gasteiger partial charge in [-0.3, -0.25) is 4.79 Å². The van der Waals surface area contributed by atoms with Crippen LogP contribution in [0.25, 0.3) is 22.1 Å². The van der Waals surface area contributed by atoms with Crippen LogP contribution in [0.4, 0.5) is 0 Å². The predicted molar refractivity (Wildman–Crippen MR) is 108 cm³/mol. The molecule has 0 N–H and O–H groups in total. The van der Waals surface area contributed by atoms with E-state index in [1.807, 2.05) is 47.4 Å². The van der Waals surface area contributed by atoms with Crippen LogP contribution in [-0.2, 0) is 4.79 Å². The molecule has 1 aliphatic heterocycles. The van der Waals surface area contributed by atoms with Crippen molar-refractivity contribution < 1.29 is 13.9 Å². The highest BCUT2D eigenvalue weighted by Gasteiger charge is 2.23. The van der Waals surface area contributed by atoms with E-state index >= 15 is 0 Å². The van der Waals surface area contributed by atoms with Gasteiger partial charge in [0.05, 0.1) is 0 Å². The molecule has 1 saturated heterocycles. The molecule has 4 rings (SSSR count). The number of fused-ring (bicyclic) bond motifs is 1. The highest BCUT2D eigenvalue weighted by atomic mass is 16.5. The van der Waals surface area contributed by atoms with Crippen molar-refractivity contribution in [3.63, 3.8) is 0 Å². The number of benzene rings is 2. The lowest BCUT2D eigenvalue weighted by Crippen LogP contribution is -2.43. The van der Waals surface area contributed by atoms with E-state index in [9.17, 15) is 9.59 Å². The Morgan fingerprint density at radius 1 is 1.04 bits per heavy atom. The van der Waals surface area contributed by atoms with Crippen molar-refractivity contribution in [2.75, 3.05) is 13.1 Å². The third kappa shape index (κ3) is 3.79. The Bertz CT molecular complexity index is 1040. The highest BCUT2D eigenvalue weighted by molar-refractivity contribution is 5.93. The molecule has 1 amide bonds. The zero-order valence-corrected chi connectivity index (χ0v) is 15.9. The fourth-order valence-corrected chi connectivity index (χ4v) is 3.70. The minimum Gasteiger partial charge on any atom is -0.481 e. The predicted octanol–water partition coefficient (Wildman–Crippen LogP) is 4.24. The smallest absolute Gasteiger partial charge is 0.336 e. The Morgan fingerprint density at radius 3 is 2.54 bits per heavy atom. The molecule has 0 unspecified atom stereocenters. The number of carbonyl (C=O) groups excluding carboxylic acids is 1. The van der Waals surface area contributed by atoms with Crippen molar-refractivity contribution >= 4 is 16.9 Å². The van der Waals surface area contributed by atoms with Gasteiger partial charge in [0.2, 0.25) is 0 Å². The first kappa shape index (κ1) is 18.3. The van der Waals surface area contributed by atoms with Gasteiger partial charge in [0.1, 0.15) is 11.3 Å². The second-order valence-corrected chi connectivity index (χ2v) is 7.15. The lowest BCUT2D eigenvalue weighted by Gasteiger charge is -2.29. The average Bonchev–Trinajstić information content (AvgIpc) is 2.73. The van der Waals surface area contributed by atoms with Crippen LogP contribution in [0.3, 0.4) is 0 Å². The van der Waals surface area contributed by atoms with Gasteiger partial charge in [0, 0.05) is 30.6 Å². The monoisotopic (exact) mass is 377 g/mol. The van der Waals surface area contributed by atoms with Gasteiger partial charge >= 0.3 is 5.63 Å². The largest absolute Gasteiger partial charge is 0.481 e. The summed E-state index contributed by atoms with van der Waals surface area (Å²) in [5.41, 5.74) is 1.79. The second-order valence-electron chi connectivity index (χ2n) is 7.15. The van der Waals surface area contributed by atoms with E-state index in [4.69, 9.17) is 9.15 Å². The molecule has 2 heterocycles. The summed E-state index contributed by atoms with van der Waals surface area (Å²) in [5, 5.41) is 0.827. The molecule has 28 heavy (non-hydrogen) atoms. The number of ether oxygens (including phenoxy) is 1. The van der Waals surface area contributed by atoms with Crippen molar-refractivity contribution in [3.05, 3.63) is 65.0 Å². The molecule has 5 heteroatoms. The molecule has 3 aromatic rings. The van der Waals surface area contributed by atoms with E-state index < -0.39 is 11.7 Å². The maximum absolute atomic E-state index is 12.6. The molecule has 0 saturated carbocycles. The molecule has 5 nitrogen and oxygen atoms in total. The first-order chi connectivity index (χ1) is 13.6. The summed E-state index contributed by atoms with van der Waals surface area (Å²) in [5.74, 6) is 0.512. The molecule has 0 aliphatic carbocycles. The molecule has 0 radical (unpaired) electrons. The third-order valence-corrected chi connectivity index (χ3v) is 5.13. The van der Waals surface area contributed by atoms with Crippen molar-refractivity contribution in [3.8, 4) is 16.9 Å². The van der Waals surface area contributed by atoms with Gasteiger partial charge in [0.25, 0.3) is 5.91 Å². The van der Waals surface area contributed by atoms with Crippen LogP contribution < -0.4 is 10.4 Å². The number of carbonyl (C=O) groups is 1. The zero-order valence-electron chi connectivity index (χ0n) is 15.9. The first-order valence-corrected chi connectivity index (χ1v) is 9.70. The number of nitrogens with zero attached hydrogens (tertiary/aromatic N) is 1. The van der Waals surface area contributed by atoms with E-state index in [1.54, 1.807) is 13.0 Å². The average molecular weight is 377 g/mol.